The number of rotatable bonds is 2. The summed E-state index contributed by atoms with van der Waals surface area (Å²) >= 11 is 5.81. The number of carboxylic acid groups (broad SMARTS) is 1. The summed E-state index contributed by atoms with van der Waals surface area (Å²) in [4.78, 5) is 24.5. The molecule has 2 heterocycles. The first-order chi connectivity index (χ1) is 7.99. The zero-order valence-electron chi connectivity index (χ0n) is 9.39. The lowest BCUT2D eigenvalue weighted by Gasteiger charge is -2.15. The first-order valence-corrected chi connectivity index (χ1v) is 5.71. The smallest absolute Gasteiger partial charge is 0.308 e. The number of aromatic nitrogens is 1. The fraction of sp³-hybridized carbons (Fsp3) is 0.455. The van der Waals surface area contributed by atoms with Crippen molar-refractivity contribution in [1.82, 2.24) is 9.47 Å². The Morgan fingerprint density at radius 1 is 1.53 bits per heavy atom. The van der Waals surface area contributed by atoms with Crippen LogP contribution in [0.25, 0.3) is 0 Å². The highest BCUT2D eigenvalue weighted by Gasteiger charge is 2.32. The number of amides is 1. The molecular formula is C11H13ClN2O3. The Morgan fingerprint density at radius 2 is 2.24 bits per heavy atom. The molecule has 0 aromatic carbocycles. The van der Waals surface area contributed by atoms with E-state index >= 15 is 0 Å². The standard InChI is InChI=1S/C11H13ClN2O3/c1-13-6-8(12)4-9(13)10(15)14-3-2-7(5-14)11(16)17/h4,6-7H,2-3,5H2,1H3,(H,16,17). The molecule has 1 unspecified atom stereocenters. The third-order valence-corrected chi connectivity index (χ3v) is 3.22. The van der Waals surface area contributed by atoms with E-state index < -0.39 is 11.9 Å². The van der Waals surface area contributed by atoms with Gasteiger partial charge in [-0.15, -0.1) is 0 Å². The summed E-state index contributed by atoms with van der Waals surface area (Å²) < 4.78 is 1.65. The van der Waals surface area contributed by atoms with Crippen molar-refractivity contribution in [2.24, 2.45) is 13.0 Å². The van der Waals surface area contributed by atoms with E-state index in [1.807, 2.05) is 0 Å². The Balaban J connectivity index is 2.12. The Morgan fingerprint density at radius 3 is 2.71 bits per heavy atom. The molecule has 0 bridgehead atoms. The molecule has 92 valence electrons. The maximum atomic E-state index is 12.1. The topological polar surface area (TPSA) is 62.5 Å². The molecule has 5 nitrogen and oxygen atoms in total. The molecule has 1 fully saturated rings. The van der Waals surface area contributed by atoms with Crippen LogP contribution in [0.15, 0.2) is 12.3 Å². The van der Waals surface area contributed by atoms with Crippen LogP contribution >= 0.6 is 11.6 Å². The van der Waals surface area contributed by atoms with Gasteiger partial charge >= 0.3 is 5.97 Å². The third-order valence-electron chi connectivity index (χ3n) is 3.02. The monoisotopic (exact) mass is 256 g/mol. The maximum Gasteiger partial charge on any atom is 0.308 e. The van der Waals surface area contributed by atoms with E-state index in [9.17, 15) is 9.59 Å². The summed E-state index contributed by atoms with van der Waals surface area (Å²) in [5.74, 6) is -1.46. The van der Waals surface area contributed by atoms with E-state index in [-0.39, 0.29) is 12.5 Å². The van der Waals surface area contributed by atoms with E-state index in [4.69, 9.17) is 16.7 Å². The highest BCUT2D eigenvalue weighted by Crippen LogP contribution is 2.20. The van der Waals surface area contributed by atoms with Crippen LogP contribution in [0, 0.1) is 5.92 Å². The number of halogens is 1. The molecular weight excluding hydrogens is 244 g/mol. The predicted octanol–water partition coefficient (Wildman–Crippen LogP) is 1.23. The molecule has 1 saturated heterocycles. The van der Waals surface area contributed by atoms with Gasteiger partial charge in [-0.2, -0.15) is 0 Å². The molecule has 6 heteroatoms. The van der Waals surface area contributed by atoms with Gasteiger partial charge in [0.2, 0.25) is 0 Å². The molecule has 1 aliphatic rings. The van der Waals surface area contributed by atoms with E-state index in [1.54, 1.807) is 28.8 Å². The minimum absolute atomic E-state index is 0.164. The third kappa shape index (κ3) is 2.29. The zero-order chi connectivity index (χ0) is 12.6. The van der Waals surface area contributed by atoms with Gasteiger partial charge in [-0.25, -0.2) is 0 Å². The molecule has 1 aliphatic heterocycles. The molecule has 0 radical (unpaired) electrons. The molecule has 2 rings (SSSR count). The van der Waals surface area contributed by atoms with E-state index in [0.717, 1.165) is 0 Å². The number of carbonyl (C=O) groups excluding carboxylic acids is 1. The fourth-order valence-electron chi connectivity index (χ4n) is 2.05. The number of aryl methyl sites for hydroxylation is 1. The summed E-state index contributed by atoms with van der Waals surface area (Å²) in [6, 6.07) is 1.60. The summed E-state index contributed by atoms with van der Waals surface area (Å²) in [6.45, 7) is 0.759. The van der Waals surface area contributed by atoms with Crippen LogP contribution < -0.4 is 0 Å². The van der Waals surface area contributed by atoms with Crippen molar-refractivity contribution in [2.45, 2.75) is 6.42 Å². The lowest BCUT2D eigenvalue weighted by Crippen LogP contribution is -2.31. The molecule has 1 aromatic heterocycles. The summed E-state index contributed by atoms with van der Waals surface area (Å²) in [7, 11) is 1.74. The van der Waals surface area contributed by atoms with Crippen molar-refractivity contribution >= 4 is 23.5 Å². The molecule has 17 heavy (non-hydrogen) atoms. The van der Waals surface area contributed by atoms with Crippen molar-refractivity contribution in [3.8, 4) is 0 Å². The van der Waals surface area contributed by atoms with Gasteiger partial charge in [0, 0.05) is 26.3 Å². The van der Waals surface area contributed by atoms with Crippen LogP contribution in [0.2, 0.25) is 5.02 Å². The minimum Gasteiger partial charge on any atom is -0.481 e. The molecule has 1 atom stereocenters. The first kappa shape index (κ1) is 12.0. The fourth-order valence-corrected chi connectivity index (χ4v) is 2.29. The van der Waals surface area contributed by atoms with E-state index in [0.29, 0.717) is 23.7 Å². The van der Waals surface area contributed by atoms with Crippen LogP contribution in [-0.2, 0) is 11.8 Å². The maximum absolute atomic E-state index is 12.1. The van der Waals surface area contributed by atoms with Crippen molar-refractivity contribution in [3.05, 3.63) is 23.0 Å². The molecule has 1 amide bonds. The summed E-state index contributed by atoms with van der Waals surface area (Å²) in [5, 5.41) is 9.38. The van der Waals surface area contributed by atoms with Gasteiger partial charge in [-0.3, -0.25) is 9.59 Å². The van der Waals surface area contributed by atoms with Crippen LogP contribution in [0.5, 0.6) is 0 Å². The number of hydrogen-bond acceptors (Lipinski definition) is 2. The Labute approximate surface area is 104 Å². The van der Waals surface area contributed by atoms with Crippen molar-refractivity contribution in [3.63, 3.8) is 0 Å². The van der Waals surface area contributed by atoms with Crippen LogP contribution in [-0.4, -0.2) is 39.5 Å². The lowest BCUT2D eigenvalue weighted by atomic mass is 10.1. The normalized spacial score (nSPS) is 19.6. The van der Waals surface area contributed by atoms with E-state index in [2.05, 4.69) is 0 Å². The van der Waals surface area contributed by atoms with Crippen LogP contribution in [0.4, 0.5) is 0 Å². The average molecular weight is 257 g/mol. The van der Waals surface area contributed by atoms with Gasteiger partial charge in [0.25, 0.3) is 5.91 Å². The van der Waals surface area contributed by atoms with Gasteiger partial charge in [0.15, 0.2) is 0 Å². The Hall–Kier alpha value is -1.49. The zero-order valence-corrected chi connectivity index (χ0v) is 10.1. The Kier molecular flexibility index (Phi) is 3.11. The van der Waals surface area contributed by atoms with Gasteiger partial charge in [0.1, 0.15) is 5.69 Å². The van der Waals surface area contributed by atoms with Crippen molar-refractivity contribution in [2.75, 3.05) is 13.1 Å². The van der Waals surface area contributed by atoms with Gasteiger partial charge in [-0.05, 0) is 12.5 Å². The molecule has 0 saturated carbocycles. The van der Waals surface area contributed by atoms with Gasteiger partial charge < -0.3 is 14.6 Å². The van der Waals surface area contributed by atoms with Gasteiger partial charge in [-0.1, -0.05) is 11.6 Å². The molecule has 1 N–H and O–H groups in total. The Bertz CT molecular complexity index is 469. The average Bonchev–Trinajstić information content (AvgIpc) is 2.84. The van der Waals surface area contributed by atoms with E-state index in [1.165, 1.54) is 0 Å². The number of likely N-dealkylation sites (tertiary alicyclic amines) is 1. The van der Waals surface area contributed by atoms with Crippen molar-refractivity contribution < 1.29 is 14.7 Å². The van der Waals surface area contributed by atoms with Crippen molar-refractivity contribution in [1.29, 1.82) is 0 Å². The number of nitrogens with zero attached hydrogens (tertiary/aromatic N) is 2. The largest absolute Gasteiger partial charge is 0.481 e. The van der Waals surface area contributed by atoms with Gasteiger partial charge in [0.05, 0.1) is 10.9 Å². The summed E-state index contributed by atoms with van der Waals surface area (Å²) in [5.41, 5.74) is 0.487. The second kappa shape index (κ2) is 4.41. The second-order valence-corrected chi connectivity index (χ2v) is 4.67. The van der Waals surface area contributed by atoms with Crippen LogP contribution in [0.1, 0.15) is 16.9 Å². The number of aliphatic carboxylic acids is 1. The quantitative estimate of drug-likeness (QED) is 0.866. The summed E-state index contributed by atoms with van der Waals surface area (Å²) in [6.07, 6.45) is 2.17. The highest BCUT2D eigenvalue weighted by molar-refractivity contribution is 6.31. The number of carboxylic acids is 1. The number of hydrogen-bond donors (Lipinski definition) is 1. The molecule has 0 aliphatic carbocycles. The highest BCUT2D eigenvalue weighted by atomic mass is 35.5. The lowest BCUT2D eigenvalue weighted by molar-refractivity contribution is -0.141. The molecule has 1 aromatic rings. The number of carbonyl (C=O) groups is 2. The predicted molar refractivity (Wildman–Crippen MR) is 62.1 cm³/mol. The SMILES string of the molecule is Cn1cc(Cl)cc1C(=O)N1CCC(C(=O)O)C1. The minimum atomic E-state index is -0.842. The first-order valence-electron chi connectivity index (χ1n) is 5.33. The molecule has 0 spiro atoms. The van der Waals surface area contributed by atoms with Crippen LogP contribution in [0.3, 0.4) is 0 Å². The second-order valence-electron chi connectivity index (χ2n) is 4.23.